The predicted octanol–water partition coefficient (Wildman–Crippen LogP) is 3.08. The number of hydrogen-bond acceptors (Lipinski definition) is 5. The quantitative estimate of drug-likeness (QED) is 0.591. The first-order chi connectivity index (χ1) is 12.1. The zero-order valence-electron chi connectivity index (χ0n) is 15.5. The highest BCUT2D eigenvalue weighted by Gasteiger charge is 2.24. The number of carboxylic acid groups (broad SMARTS) is 1. The normalized spacial score (nSPS) is 11.2. The Morgan fingerprint density at radius 2 is 1.77 bits per heavy atom. The van der Waals surface area contributed by atoms with Crippen molar-refractivity contribution >= 4 is 24.1 Å². The number of benzene rings is 1. The minimum Gasteiger partial charge on any atom is -0.480 e. The molecule has 7 nitrogen and oxygen atoms in total. The Hall–Kier alpha value is -2.83. The molecule has 1 amide bonds. The molecule has 1 aromatic rings. The van der Waals surface area contributed by atoms with Crippen molar-refractivity contribution in [2.75, 3.05) is 13.2 Å². The standard InChI is InChI=1S/C19H25NO6/c1-5-25-17(23)11-10-14-6-8-15(9-7-14)12-20(13-16(21)22)18(24)26-19(2,3)4/h6-11H,5,12-13H2,1-4H3,(H,21,22)/b11-10+. The van der Waals surface area contributed by atoms with Crippen LogP contribution in [0.25, 0.3) is 6.08 Å². The summed E-state index contributed by atoms with van der Waals surface area (Å²) in [6.45, 7) is 6.83. The summed E-state index contributed by atoms with van der Waals surface area (Å²) in [6, 6.07) is 7.03. The maximum absolute atomic E-state index is 12.2. The van der Waals surface area contributed by atoms with Gasteiger partial charge in [0.2, 0.25) is 0 Å². The van der Waals surface area contributed by atoms with Gasteiger partial charge in [-0.2, -0.15) is 0 Å². The topological polar surface area (TPSA) is 93.1 Å². The van der Waals surface area contributed by atoms with Crippen molar-refractivity contribution in [1.29, 1.82) is 0 Å². The number of amides is 1. The Bertz CT molecular complexity index is 658. The van der Waals surface area contributed by atoms with Crippen LogP contribution in [-0.4, -0.2) is 46.8 Å². The summed E-state index contributed by atoms with van der Waals surface area (Å²) in [5, 5.41) is 9.02. The predicted molar refractivity (Wildman–Crippen MR) is 96.4 cm³/mol. The fourth-order valence-corrected chi connectivity index (χ4v) is 1.98. The molecule has 26 heavy (non-hydrogen) atoms. The van der Waals surface area contributed by atoms with Crippen LogP contribution >= 0.6 is 0 Å². The lowest BCUT2D eigenvalue weighted by molar-refractivity contribution is -0.138. The molecule has 0 bridgehead atoms. The van der Waals surface area contributed by atoms with Gasteiger partial charge < -0.3 is 14.6 Å². The highest BCUT2D eigenvalue weighted by Crippen LogP contribution is 2.14. The van der Waals surface area contributed by atoms with E-state index in [-0.39, 0.29) is 6.54 Å². The van der Waals surface area contributed by atoms with Crippen LogP contribution in [-0.2, 0) is 25.6 Å². The van der Waals surface area contributed by atoms with Crippen LogP contribution in [0.2, 0.25) is 0 Å². The molecular weight excluding hydrogens is 338 g/mol. The number of carboxylic acids is 1. The lowest BCUT2D eigenvalue weighted by Crippen LogP contribution is -2.39. The van der Waals surface area contributed by atoms with Crippen LogP contribution in [0.15, 0.2) is 30.3 Å². The van der Waals surface area contributed by atoms with Crippen LogP contribution in [0, 0.1) is 0 Å². The molecular formula is C19H25NO6. The fraction of sp³-hybridized carbons (Fsp3) is 0.421. The van der Waals surface area contributed by atoms with Crippen molar-refractivity contribution in [3.8, 4) is 0 Å². The van der Waals surface area contributed by atoms with Crippen molar-refractivity contribution < 1.29 is 29.0 Å². The molecule has 0 saturated carbocycles. The number of aliphatic carboxylic acids is 1. The first-order valence-electron chi connectivity index (χ1n) is 8.24. The van der Waals surface area contributed by atoms with E-state index in [1.807, 2.05) is 0 Å². The summed E-state index contributed by atoms with van der Waals surface area (Å²) < 4.78 is 10.0. The van der Waals surface area contributed by atoms with Gasteiger partial charge in [-0.3, -0.25) is 9.69 Å². The molecule has 0 unspecified atom stereocenters. The molecule has 0 spiro atoms. The molecule has 7 heteroatoms. The van der Waals surface area contributed by atoms with Gasteiger partial charge in [-0.05, 0) is 44.9 Å². The van der Waals surface area contributed by atoms with Gasteiger partial charge in [0, 0.05) is 12.6 Å². The van der Waals surface area contributed by atoms with Gasteiger partial charge in [0.15, 0.2) is 0 Å². The third-order valence-corrected chi connectivity index (χ3v) is 3.03. The summed E-state index contributed by atoms with van der Waals surface area (Å²) >= 11 is 0. The minimum absolute atomic E-state index is 0.100. The van der Waals surface area contributed by atoms with Crippen LogP contribution < -0.4 is 0 Å². The second kappa shape index (κ2) is 9.60. The Morgan fingerprint density at radius 1 is 1.15 bits per heavy atom. The van der Waals surface area contributed by atoms with Crippen molar-refractivity contribution in [2.24, 2.45) is 0 Å². The van der Waals surface area contributed by atoms with E-state index in [1.54, 1.807) is 58.0 Å². The van der Waals surface area contributed by atoms with E-state index < -0.39 is 30.2 Å². The lowest BCUT2D eigenvalue weighted by Gasteiger charge is -2.26. The zero-order valence-corrected chi connectivity index (χ0v) is 15.5. The minimum atomic E-state index is -1.12. The molecule has 0 heterocycles. The van der Waals surface area contributed by atoms with E-state index in [0.717, 1.165) is 16.0 Å². The molecule has 1 N–H and O–H groups in total. The highest BCUT2D eigenvalue weighted by atomic mass is 16.6. The average molecular weight is 363 g/mol. The molecule has 0 fully saturated rings. The van der Waals surface area contributed by atoms with E-state index in [0.29, 0.717) is 6.61 Å². The molecule has 0 saturated heterocycles. The van der Waals surface area contributed by atoms with Crippen molar-refractivity contribution in [3.05, 3.63) is 41.5 Å². The smallest absolute Gasteiger partial charge is 0.411 e. The third-order valence-electron chi connectivity index (χ3n) is 3.03. The second-order valence-corrected chi connectivity index (χ2v) is 6.56. The summed E-state index contributed by atoms with van der Waals surface area (Å²) in [5.74, 6) is -1.54. The van der Waals surface area contributed by atoms with Crippen molar-refractivity contribution in [3.63, 3.8) is 0 Å². The number of carbonyl (C=O) groups excluding carboxylic acids is 2. The van der Waals surface area contributed by atoms with Crippen molar-refractivity contribution in [1.82, 2.24) is 4.90 Å². The van der Waals surface area contributed by atoms with E-state index >= 15 is 0 Å². The van der Waals surface area contributed by atoms with Crippen LogP contribution in [0.4, 0.5) is 4.79 Å². The Balaban J connectivity index is 2.80. The van der Waals surface area contributed by atoms with E-state index in [4.69, 9.17) is 14.6 Å². The summed E-state index contributed by atoms with van der Waals surface area (Å²) in [4.78, 5) is 35.6. The van der Waals surface area contributed by atoms with Gasteiger partial charge in [0.25, 0.3) is 0 Å². The van der Waals surface area contributed by atoms with Gasteiger partial charge in [0.1, 0.15) is 12.1 Å². The van der Waals surface area contributed by atoms with E-state index in [2.05, 4.69) is 0 Å². The molecule has 0 aliphatic rings. The molecule has 0 atom stereocenters. The zero-order chi connectivity index (χ0) is 19.7. The molecule has 1 rings (SSSR count). The number of hydrogen-bond donors (Lipinski definition) is 1. The molecule has 142 valence electrons. The Labute approximate surface area is 153 Å². The number of rotatable bonds is 7. The molecule has 0 radical (unpaired) electrons. The van der Waals surface area contributed by atoms with E-state index in [9.17, 15) is 14.4 Å². The number of ether oxygens (including phenoxy) is 2. The van der Waals surface area contributed by atoms with Crippen LogP contribution in [0.5, 0.6) is 0 Å². The summed E-state index contributed by atoms with van der Waals surface area (Å²) in [7, 11) is 0. The maximum Gasteiger partial charge on any atom is 0.411 e. The van der Waals surface area contributed by atoms with Gasteiger partial charge >= 0.3 is 18.0 Å². The molecule has 0 aliphatic heterocycles. The molecule has 1 aromatic carbocycles. The molecule has 0 aliphatic carbocycles. The summed E-state index contributed by atoms with van der Waals surface area (Å²) in [5.41, 5.74) is 0.810. The lowest BCUT2D eigenvalue weighted by atomic mass is 10.1. The first kappa shape index (κ1) is 21.2. The monoisotopic (exact) mass is 363 g/mol. The van der Waals surface area contributed by atoms with Crippen LogP contribution in [0.1, 0.15) is 38.8 Å². The number of nitrogens with zero attached hydrogens (tertiary/aromatic N) is 1. The summed E-state index contributed by atoms with van der Waals surface area (Å²) in [6.07, 6.45) is 2.26. The maximum atomic E-state index is 12.2. The Morgan fingerprint density at radius 3 is 2.27 bits per heavy atom. The second-order valence-electron chi connectivity index (χ2n) is 6.56. The van der Waals surface area contributed by atoms with Crippen LogP contribution in [0.3, 0.4) is 0 Å². The highest BCUT2D eigenvalue weighted by molar-refractivity contribution is 5.87. The Kier molecular flexibility index (Phi) is 7.83. The van der Waals surface area contributed by atoms with Gasteiger partial charge in [-0.15, -0.1) is 0 Å². The van der Waals surface area contributed by atoms with E-state index in [1.165, 1.54) is 6.08 Å². The van der Waals surface area contributed by atoms with Crippen molar-refractivity contribution in [2.45, 2.75) is 39.8 Å². The number of carbonyl (C=O) groups is 3. The first-order valence-corrected chi connectivity index (χ1v) is 8.24. The van der Waals surface area contributed by atoms with Gasteiger partial charge in [-0.1, -0.05) is 24.3 Å². The average Bonchev–Trinajstić information content (AvgIpc) is 2.52. The SMILES string of the molecule is CCOC(=O)/C=C/c1ccc(CN(CC(=O)O)C(=O)OC(C)(C)C)cc1. The largest absolute Gasteiger partial charge is 0.480 e. The third kappa shape index (κ3) is 8.32. The van der Waals surface area contributed by atoms with Gasteiger partial charge in [-0.25, -0.2) is 9.59 Å². The van der Waals surface area contributed by atoms with Gasteiger partial charge in [0.05, 0.1) is 6.61 Å². The molecule has 0 aromatic heterocycles. The number of esters is 1. The fourth-order valence-electron chi connectivity index (χ4n) is 1.98.